The summed E-state index contributed by atoms with van der Waals surface area (Å²) in [6.45, 7) is 1.32. The van der Waals surface area contributed by atoms with Gasteiger partial charge in [0.15, 0.2) is 5.82 Å². The van der Waals surface area contributed by atoms with Gasteiger partial charge in [-0.15, -0.1) is 32.9 Å². The first kappa shape index (κ1) is 23.6. The summed E-state index contributed by atoms with van der Waals surface area (Å²) in [6.07, 6.45) is 3.88. The quantitative estimate of drug-likeness (QED) is 0.410. The molecule has 2 atom stereocenters. The number of nitriles is 1. The molecule has 0 saturated carbocycles. The van der Waals surface area contributed by atoms with Crippen LogP contribution in [0.4, 0.5) is 0 Å². The molecular formula is C23H26N8O2S2. The maximum atomic E-state index is 12.7. The van der Waals surface area contributed by atoms with E-state index >= 15 is 0 Å². The van der Waals surface area contributed by atoms with Gasteiger partial charge in [-0.05, 0) is 67.3 Å². The second kappa shape index (κ2) is 9.85. The van der Waals surface area contributed by atoms with Crippen molar-refractivity contribution in [1.29, 1.82) is 5.26 Å². The normalized spacial score (nSPS) is 21.1. The van der Waals surface area contributed by atoms with E-state index in [1.54, 1.807) is 23.3 Å². The number of amides is 2. The van der Waals surface area contributed by atoms with Crippen LogP contribution < -0.4 is 10.6 Å². The fourth-order valence-corrected chi connectivity index (χ4v) is 7.78. The summed E-state index contributed by atoms with van der Waals surface area (Å²) < 4.78 is 0. The van der Waals surface area contributed by atoms with Crippen LogP contribution in [0, 0.1) is 11.3 Å². The van der Waals surface area contributed by atoms with Gasteiger partial charge in [-0.1, -0.05) is 5.21 Å². The Bertz CT molecular complexity index is 1260. The minimum atomic E-state index is -0.682. The number of aryl methyl sites for hydroxylation is 2. The van der Waals surface area contributed by atoms with Gasteiger partial charge in [-0.25, -0.2) is 0 Å². The maximum Gasteiger partial charge on any atom is 0.261 e. The number of fused-ring (bicyclic) bond motifs is 2. The second-order valence-corrected chi connectivity index (χ2v) is 10.7. The summed E-state index contributed by atoms with van der Waals surface area (Å²) in [7, 11) is 1.63. The maximum absolute atomic E-state index is 12.7. The number of thiophene rings is 2. The highest BCUT2D eigenvalue weighted by molar-refractivity contribution is 7.15. The highest BCUT2D eigenvalue weighted by Crippen LogP contribution is 2.50. The van der Waals surface area contributed by atoms with Gasteiger partial charge in [0.1, 0.15) is 11.5 Å². The predicted octanol–water partition coefficient (Wildman–Crippen LogP) is 1.61. The Hall–Kier alpha value is -3.14. The zero-order valence-electron chi connectivity index (χ0n) is 19.3. The Balaban J connectivity index is 1.46. The van der Waals surface area contributed by atoms with Crippen molar-refractivity contribution >= 4 is 34.5 Å². The molecule has 10 nitrogen and oxygen atoms in total. The number of likely N-dealkylation sites (tertiary alicyclic amines) is 1. The van der Waals surface area contributed by atoms with Crippen LogP contribution in [0.5, 0.6) is 0 Å². The summed E-state index contributed by atoms with van der Waals surface area (Å²) in [4.78, 5) is 29.8. The van der Waals surface area contributed by atoms with Crippen LogP contribution in [0.1, 0.15) is 55.6 Å². The molecule has 4 heterocycles. The molecule has 182 valence electrons. The highest BCUT2D eigenvalue weighted by atomic mass is 32.1. The van der Waals surface area contributed by atoms with Crippen molar-refractivity contribution in [2.45, 2.75) is 43.6 Å². The molecule has 35 heavy (non-hydrogen) atoms. The molecular weight excluding hydrogens is 484 g/mol. The van der Waals surface area contributed by atoms with E-state index in [4.69, 9.17) is 0 Å². The largest absolute Gasteiger partial charge is 0.354 e. The lowest BCUT2D eigenvalue weighted by molar-refractivity contribution is -0.130. The topological polar surface area (TPSA) is 140 Å². The fourth-order valence-electron chi connectivity index (χ4n) is 5.15. The lowest BCUT2D eigenvalue weighted by Crippen LogP contribution is -2.42. The number of nitrogens with zero attached hydrogens (tertiary/aromatic N) is 5. The van der Waals surface area contributed by atoms with E-state index in [0.29, 0.717) is 30.2 Å². The van der Waals surface area contributed by atoms with Crippen LogP contribution in [0.3, 0.4) is 0 Å². The molecule has 5 rings (SSSR count). The SMILES string of the molecule is CNC(=O)c1cc2c(s1)C(CCNCC(=O)N1CCC[C@H]1C#N)(c1nn[nH]n1)c1sccc1CC2. The number of hydrogen-bond donors (Lipinski definition) is 3. The first-order valence-corrected chi connectivity index (χ1v) is 13.3. The smallest absolute Gasteiger partial charge is 0.261 e. The monoisotopic (exact) mass is 510 g/mol. The van der Waals surface area contributed by atoms with Gasteiger partial charge in [0.2, 0.25) is 5.91 Å². The molecule has 3 aromatic heterocycles. The molecule has 2 aliphatic rings. The van der Waals surface area contributed by atoms with Gasteiger partial charge >= 0.3 is 0 Å². The Morgan fingerprint density at radius 1 is 1.34 bits per heavy atom. The molecule has 1 aliphatic carbocycles. The average molecular weight is 511 g/mol. The highest BCUT2D eigenvalue weighted by Gasteiger charge is 2.47. The number of rotatable bonds is 7. The first-order chi connectivity index (χ1) is 17.1. The summed E-state index contributed by atoms with van der Waals surface area (Å²) in [5.41, 5.74) is 1.68. The van der Waals surface area contributed by atoms with E-state index in [1.807, 2.05) is 6.07 Å². The number of tetrazole rings is 1. The molecule has 3 aromatic rings. The van der Waals surface area contributed by atoms with Crippen molar-refractivity contribution in [1.82, 2.24) is 36.2 Å². The standard InChI is InChI=1S/C23H26N8O2S2/c1-25-21(33)17-11-15-5-4-14-6-10-34-19(14)23(20(15)35-17,22-27-29-30-28-22)7-8-26-13-18(32)31-9-2-3-16(31)12-24/h6,10-11,16,26H,2-5,7-9,13H2,1H3,(H,25,33)(H,27,28,29,30)/t16-,23?/m0/s1. The van der Waals surface area contributed by atoms with E-state index in [-0.39, 0.29) is 24.4 Å². The Kier molecular flexibility index (Phi) is 6.64. The molecule has 0 spiro atoms. The second-order valence-electron chi connectivity index (χ2n) is 8.76. The van der Waals surface area contributed by atoms with Gasteiger partial charge in [-0.2, -0.15) is 10.5 Å². The number of hydrogen-bond acceptors (Lipinski definition) is 9. The molecule has 12 heteroatoms. The van der Waals surface area contributed by atoms with Crippen molar-refractivity contribution < 1.29 is 9.59 Å². The lowest BCUT2D eigenvalue weighted by atomic mass is 9.78. The van der Waals surface area contributed by atoms with E-state index < -0.39 is 5.41 Å². The molecule has 0 radical (unpaired) electrons. The molecule has 3 N–H and O–H groups in total. The lowest BCUT2D eigenvalue weighted by Gasteiger charge is -2.30. The van der Waals surface area contributed by atoms with Crippen molar-refractivity contribution in [2.75, 3.05) is 26.7 Å². The molecule has 1 aliphatic heterocycles. The number of nitrogens with one attached hydrogen (secondary N) is 3. The summed E-state index contributed by atoms with van der Waals surface area (Å²) in [6, 6.07) is 6.03. The number of carbonyl (C=O) groups is 2. The van der Waals surface area contributed by atoms with Gasteiger partial charge in [-0.3, -0.25) is 9.59 Å². The third kappa shape index (κ3) is 4.13. The third-order valence-electron chi connectivity index (χ3n) is 6.85. The zero-order chi connectivity index (χ0) is 24.4. The molecule has 1 fully saturated rings. The minimum absolute atomic E-state index is 0.0564. The summed E-state index contributed by atoms with van der Waals surface area (Å²) >= 11 is 3.14. The summed E-state index contributed by atoms with van der Waals surface area (Å²) in [5.74, 6) is 0.392. The number of aromatic nitrogens is 4. The van der Waals surface area contributed by atoms with E-state index in [1.165, 1.54) is 16.9 Å². The molecule has 2 amide bonds. The van der Waals surface area contributed by atoms with Crippen LogP contribution in [0.2, 0.25) is 0 Å². The van der Waals surface area contributed by atoms with Crippen molar-refractivity contribution in [3.8, 4) is 6.07 Å². The molecule has 0 aromatic carbocycles. The number of H-pyrrole nitrogens is 1. The van der Waals surface area contributed by atoms with Crippen LogP contribution in [0.25, 0.3) is 0 Å². The Labute approximate surface area is 210 Å². The number of carbonyl (C=O) groups excluding carboxylic acids is 2. The van der Waals surface area contributed by atoms with E-state index in [2.05, 4.69) is 48.8 Å². The first-order valence-electron chi connectivity index (χ1n) is 11.6. The summed E-state index contributed by atoms with van der Waals surface area (Å²) in [5, 5.41) is 32.8. The predicted molar refractivity (Wildman–Crippen MR) is 131 cm³/mol. The Morgan fingerprint density at radius 2 is 2.20 bits per heavy atom. The molecule has 0 bridgehead atoms. The van der Waals surface area contributed by atoms with Crippen LogP contribution >= 0.6 is 22.7 Å². The minimum Gasteiger partial charge on any atom is -0.354 e. The van der Waals surface area contributed by atoms with Crippen molar-refractivity contribution in [2.24, 2.45) is 0 Å². The Morgan fingerprint density at radius 3 is 2.97 bits per heavy atom. The van der Waals surface area contributed by atoms with E-state index in [0.717, 1.165) is 41.0 Å². The van der Waals surface area contributed by atoms with Crippen molar-refractivity contribution in [3.63, 3.8) is 0 Å². The van der Waals surface area contributed by atoms with E-state index in [9.17, 15) is 14.9 Å². The van der Waals surface area contributed by atoms with Crippen LogP contribution in [-0.4, -0.2) is 70.1 Å². The fraction of sp³-hybridized carbons (Fsp3) is 0.478. The van der Waals surface area contributed by atoms with Gasteiger partial charge in [0.25, 0.3) is 5.91 Å². The van der Waals surface area contributed by atoms with Gasteiger partial charge < -0.3 is 15.5 Å². The third-order valence-corrected chi connectivity index (χ3v) is 9.30. The zero-order valence-corrected chi connectivity index (χ0v) is 21.0. The average Bonchev–Trinajstić information content (AvgIpc) is 3.68. The van der Waals surface area contributed by atoms with Gasteiger partial charge in [0.05, 0.1) is 17.5 Å². The van der Waals surface area contributed by atoms with Crippen LogP contribution in [-0.2, 0) is 23.1 Å². The molecule has 1 saturated heterocycles. The van der Waals surface area contributed by atoms with Crippen LogP contribution in [0.15, 0.2) is 17.5 Å². The van der Waals surface area contributed by atoms with Crippen molar-refractivity contribution in [3.05, 3.63) is 49.1 Å². The number of aromatic amines is 1. The van der Waals surface area contributed by atoms with Gasteiger partial charge in [0, 0.05) is 23.3 Å². The molecule has 1 unspecified atom stereocenters.